The van der Waals surface area contributed by atoms with Crippen LogP contribution in [0.2, 0.25) is 0 Å². The van der Waals surface area contributed by atoms with E-state index in [0.29, 0.717) is 13.1 Å². The second-order valence-corrected chi connectivity index (χ2v) is 7.32. The number of aliphatic hydroxyl groups excluding tert-OH is 7. The fraction of sp³-hybridized carbons (Fsp3) is 1.00. The molecule has 3 heterocycles. The zero-order chi connectivity index (χ0) is 21.1. The van der Waals surface area contributed by atoms with Crippen molar-refractivity contribution >= 4 is 0 Å². The van der Waals surface area contributed by atoms with Gasteiger partial charge in [0.15, 0.2) is 12.6 Å². The van der Waals surface area contributed by atoms with Crippen LogP contribution in [0.4, 0.5) is 0 Å². The van der Waals surface area contributed by atoms with Gasteiger partial charge in [-0.25, -0.2) is 0 Å². The average molecular weight is 426 g/mol. The predicted molar refractivity (Wildman–Crippen MR) is 91.9 cm³/mol. The third-order valence-electron chi connectivity index (χ3n) is 5.30. The van der Waals surface area contributed by atoms with Gasteiger partial charge in [0.1, 0.15) is 48.8 Å². The summed E-state index contributed by atoms with van der Waals surface area (Å²) in [6, 6.07) is 0. The SMILES string of the molecule is OC[C@H]1O[C@H](O)[C@H](O)[C@@H](O)[C@@H]1O[C@@H]1O[C@H](CON2CCNCC2)[C@H](O)[C@H](O)[C@H]1O. The molecule has 13 heteroatoms. The van der Waals surface area contributed by atoms with Crippen LogP contribution in [0.1, 0.15) is 0 Å². The minimum absolute atomic E-state index is 0.126. The van der Waals surface area contributed by atoms with E-state index in [0.717, 1.165) is 13.1 Å². The minimum atomic E-state index is -1.73. The maximum atomic E-state index is 10.2. The van der Waals surface area contributed by atoms with Gasteiger partial charge in [-0.1, -0.05) is 0 Å². The maximum Gasteiger partial charge on any atom is 0.187 e. The summed E-state index contributed by atoms with van der Waals surface area (Å²) in [6.07, 6.45) is -15.1. The van der Waals surface area contributed by atoms with E-state index < -0.39 is 68.0 Å². The van der Waals surface area contributed by atoms with Gasteiger partial charge in [0, 0.05) is 26.2 Å². The van der Waals surface area contributed by atoms with Gasteiger partial charge >= 0.3 is 0 Å². The highest BCUT2D eigenvalue weighted by atomic mass is 16.7. The molecule has 3 aliphatic rings. The molecule has 0 radical (unpaired) electrons. The van der Waals surface area contributed by atoms with Crippen LogP contribution in [0.3, 0.4) is 0 Å². The van der Waals surface area contributed by atoms with Gasteiger partial charge in [-0.15, -0.1) is 0 Å². The largest absolute Gasteiger partial charge is 0.394 e. The van der Waals surface area contributed by atoms with Crippen molar-refractivity contribution < 1.29 is 54.8 Å². The van der Waals surface area contributed by atoms with Crippen LogP contribution in [0.25, 0.3) is 0 Å². The van der Waals surface area contributed by atoms with E-state index in [1.807, 2.05) is 0 Å². The summed E-state index contributed by atoms with van der Waals surface area (Å²) in [5.74, 6) is 0. The van der Waals surface area contributed by atoms with E-state index in [1.54, 1.807) is 5.06 Å². The lowest BCUT2D eigenvalue weighted by molar-refractivity contribution is -0.359. The molecular weight excluding hydrogens is 396 g/mol. The highest BCUT2D eigenvalue weighted by Crippen LogP contribution is 2.28. The van der Waals surface area contributed by atoms with Crippen LogP contribution in [-0.4, -0.2) is 142 Å². The number of nitrogens with zero attached hydrogens (tertiary/aromatic N) is 1. The molecule has 3 saturated heterocycles. The Kier molecular flexibility index (Phi) is 8.14. The van der Waals surface area contributed by atoms with E-state index in [-0.39, 0.29) is 6.61 Å². The van der Waals surface area contributed by atoms with E-state index >= 15 is 0 Å². The lowest BCUT2D eigenvalue weighted by Gasteiger charge is -2.45. The molecule has 0 aliphatic carbocycles. The molecule has 3 aliphatic heterocycles. The first-order chi connectivity index (χ1) is 13.8. The number of hydrogen-bond acceptors (Lipinski definition) is 13. The van der Waals surface area contributed by atoms with Crippen LogP contribution in [0, 0.1) is 0 Å². The van der Waals surface area contributed by atoms with Crippen LogP contribution in [0.15, 0.2) is 0 Å². The molecule has 29 heavy (non-hydrogen) atoms. The Bertz CT molecular complexity index is 509. The molecule has 0 saturated carbocycles. The van der Waals surface area contributed by atoms with Gasteiger partial charge in [0.05, 0.1) is 13.2 Å². The quantitative estimate of drug-likeness (QED) is 0.201. The normalized spacial score (nSPS) is 47.3. The zero-order valence-electron chi connectivity index (χ0n) is 15.7. The minimum Gasteiger partial charge on any atom is -0.394 e. The lowest BCUT2D eigenvalue weighted by Crippen LogP contribution is -2.64. The van der Waals surface area contributed by atoms with E-state index in [4.69, 9.17) is 19.0 Å². The Morgan fingerprint density at radius 3 is 2.17 bits per heavy atom. The van der Waals surface area contributed by atoms with E-state index in [1.165, 1.54) is 0 Å². The fourth-order valence-corrected chi connectivity index (χ4v) is 3.51. The summed E-state index contributed by atoms with van der Waals surface area (Å²) in [5.41, 5.74) is 0. The lowest BCUT2D eigenvalue weighted by atomic mass is 9.97. The van der Waals surface area contributed by atoms with Crippen LogP contribution >= 0.6 is 0 Å². The Balaban J connectivity index is 1.63. The summed E-state index contributed by atoms with van der Waals surface area (Å²) in [6.45, 7) is 1.93. The van der Waals surface area contributed by atoms with Crippen molar-refractivity contribution in [3.05, 3.63) is 0 Å². The Labute approximate surface area is 166 Å². The van der Waals surface area contributed by atoms with Gasteiger partial charge < -0.3 is 55.3 Å². The van der Waals surface area contributed by atoms with Crippen molar-refractivity contribution in [1.29, 1.82) is 0 Å². The summed E-state index contributed by atoms with van der Waals surface area (Å²) < 4.78 is 16.0. The molecule has 0 bridgehead atoms. The number of hydroxylamine groups is 2. The smallest absolute Gasteiger partial charge is 0.187 e. The van der Waals surface area contributed by atoms with Crippen molar-refractivity contribution in [2.45, 2.75) is 61.4 Å². The number of ether oxygens (including phenoxy) is 3. The van der Waals surface area contributed by atoms with Gasteiger partial charge in [0.25, 0.3) is 0 Å². The predicted octanol–water partition coefficient (Wildman–Crippen LogP) is -5.55. The topological polar surface area (TPSA) is 194 Å². The van der Waals surface area contributed by atoms with Crippen molar-refractivity contribution in [2.75, 3.05) is 39.4 Å². The molecule has 0 aromatic rings. The van der Waals surface area contributed by atoms with Crippen molar-refractivity contribution in [3.8, 4) is 0 Å². The summed E-state index contributed by atoms with van der Waals surface area (Å²) >= 11 is 0. The van der Waals surface area contributed by atoms with Crippen LogP contribution in [-0.2, 0) is 19.0 Å². The van der Waals surface area contributed by atoms with Crippen LogP contribution < -0.4 is 5.32 Å². The van der Waals surface area contributed by atoms with Gasteiger partial charge in [-0.2, -0.15) is 5.06 Å². The molecule has 3 rings (SSSR count). The molecule has 170 valence electrons. The maximum absolute atomic E-state index is 10.2. The van der Waals surface area contributed by atoms with Crippen molar-refractivity contribution in [2.24, 2.45) is 0 Å². The molecule has 3 fully saturated rings. The first kappa shape index (κ1) is 23.1. The van der Waals surface area contributed by atoms with Gasteiger partial charge in [-0.3, -0.25) is 4.84 Å². The second-order valence-electron chi connectivity index (χ2n) is 7.32. The summed E-state index contributed by atoms with van der Waals surface area (Å²) in [4.78, 5) is 5.58. The standard InChI is InChI=1S/C16H30N2O11/c19-5-7-14(11(22)12(23)15(25)27-7)29-16-13(24)10(21)9(20)8(28-16)6-26-18-3-1-17-2-4-18/h7-17,19-25H,1-6H2/t7-,8-,9+,10+,11-,12-,13-,14-,15+,16+/m1/s1. The second kappa shape index (κ2) is 10.2. The van der Waals surface area contributed by atoms with E-state index in [2.05, 4.69) is 5.32 Å². The average Bonchev–Trinajstić information content (AvgIpc) is 2.73. The van der Waals surface area contributed by atoms with Gasteiger partial charge in [-0.05, 0) is 0 Å². The molecule has 0 unspecified atom stereocenters. The summed E-state index contributed by atoms with van der Waals surface area (Å²) in [5, 5.41) is 74.4. The Hall–Kier alpha value is -0.520. The number of rotatable bonds is 6. The van der Waals surface area contributed by atoms with Crippen LogP contribution in [0.5, 0.6) is 0 Å². The molecule has 0 aromatic heterocycles. The third-order valence-corrected chi connectivity index (χ3v) is 5.30. The molecule has 10 atom stereocenters. The third kappa shape index (κ3) is 5.22. The number of hydrogen-bond donors (Lipinski definition) is 8. The number of piperazine rings is 1. The molecule has 0 aromatic carbocycles. The monoisotopic (exact) mass is 426 g/mol. The first-order valence-corrected chi connectivity index (χ1v) is 9.57. The highest BCUT2D eigenvalue weighted by Gasteiger charge is 2.50. The Morgan fingerprint density at radius 1 is 0.828 bits per heavy atom. The zero-order valence-corrected chi connectivity index (χ0v) is 15.7. The molecule has 0 amide bonds. The van der Waals surface area contributed by atoms with E-state index in [9.17, 15) is 35.7 Å². The first-order valence-electron chi connectivity index (χ1n) is 9.57. The molecule has 8 N–H and O–H groups in total. The van der Waals surface area contributed by atoms with Crippen molar-refractivity contribution in [3.63, 3.8) is 0 Å². The molecular formula is C16H30N2O11. The fourth-order valence-electron chi connectivity index (χ4n) is 3.51. The van der Waals surface area contributed by atoms with Crippen molar-refractivity contribution in [1.82, 2.24) is 10.4 Å². The van der Waals surface area contributed by atoms with Gasteiger partial charge in [0.2, 0.25) is 0 Å². The highest BCUT2D eigenvalue weighted by molar-refractivity contribution is 4.93. The number of nitrogens with one attached hydrogen (secondary N) is 1. The summed E-state index contributed by atoms with van der Waals surface area (Å²) in [7, 11) is 0. The Morgan fingerprint density at radius 2 is 1.52 bits per heavy atom. The number of aliphatic hydroxyl groups is 7. The molecule has 13 nitrogen and oxygen atoms in total. The molecule has 0 spiro atoms.